The van der Waals surface area contributed by atoms with Crippen molar-refractivity contribution >= 4 is 35.8 Å². The van der Waals surface area contributed by atoms with Crippen molar-refractivity contribution in [3.05, 3.63) is 0 Å². The third-order valence-electron chi connectivity index (χ3n) is 2.57. The normalized spacial score (nSPS) is 10.4. The molecule has 14 nitrogen and oxygen atoms in total. The van der Waals surface area contributed by atoms with E-state index in [0.717, 1.165) is 0 Å². The summed E-state index contributed by atoms with van der Waals surface area (Å²) >= 11 is 0. The molecule has 8 N–H and O–H groups in total. The first-order valence-corrected chi connectivity index (χ1v) is 6.34. The maximum atomic E-state index is 10.3. The first-order valence-electron chi connectivity index (χ1n) is 6.34. The molecule has 0 aromatic heterocycles. The van der Waals surface area contributed by atoms with Gasteiger partial charge in [0.05, 0.1) is 25.7 Å². The Morgan fingerprint density at radius 3 is 0.704 bits per heavy atom. The van der Waals surface area contributed by atoms with E-state index < -0.39 is 72.7 Å². The van der Waals surface area contributed by atoms with Gasteiger partial charge in [-0.25, -0.2) is 9.59 Å². The minimum Gasteiger partial charge on any atom is -0.481 e. The summed E-state index contributed by atoms with van der Waals surface area (Å²) in [5, 5.41) is 67.6. The van der Waals surface area contributed by atoms with Crippen molar-refractivity contribution in [3.8, 4) is 0 Å². The maximum Gasteiger partial charge on any atom is 0.336 e. The van der Waals surface area contributed by atoms with Gasteiger partial charge in [-0.2, -0.15) is 0 Å². The number of carbonyl (C=O) groups is 6. The van der Waals surface area contributed by atoms with E-state index in [0.29, 0.717) is 0 Å². The largest absolute Gasteiger partial charge is 0.481 e. The van der Waals surface area contributed by atoms with Gasteiger partial charge in [0.15, 0.2) is 11.2 Å². The number of aliphatic hydroxyl groups is 2. The molecule has 0 aromatic carbocycles. The van der Waals surface area contributed by atoms with Crippen LogP contribution in [0.4, 0.5) is 0 Å². The molecule has 0 heterocycles. The van der Waals surface area contributed by atoms with Crippen LogP contribution in [0.15, 0.2) is 0 Å². The number of carboxylic acids is 6. The van der Waals surface area contributed by atoms with Crippen molar-refractivity contribution in [2.24, 2.45) is 0 Å². The summed E-state index contributed by atoms with van der Waals surface area (Å²) in [4.78, 5) is 61.0. The van der Waals surface area contributed by atoms with Gasteiger partial charge in [0, 0.05) is 21.1 Å². The van der Waals surface area contributed by atoms with Crippen LogP contribution in [0.2, 0.25) is 0 Å². The van der Waals surface area contributed by atoms with Crippen molar-refractivity contribution in [2.45, 2.75) is 36.9 Å². The predicted molar refractivity (Wildman–Crippen MR) is 74.2 cm³/mol. The molecular formula is C12H16MoO14. The Balaban J connectivity index is -0.000000411. The third-order valence-corrected chi connectivity index (χ3v) is 2.57. The van der Waals surface area contributed by atoms with Crippen LogP contribution < -0.4 is 0 Å². The Labute approximate surface area is 163 Å². The Hall–Kier alpha value is -2.57. The number of rotatable bonds is 10. The number of aliphatic carboxylic acids is 6. The van der Waals surface area contributed by atoms with E-state index in [2.05, 4.69) is 0 Å². The van der Waals surface area contributed by atoms with E-state index >= 15 is 0 Å². The van der Waals surface area contributed by atoms with E-state index in [1.54, 1.807) is 0 Å². The molecule has 0 spiro atoms. The molecule has 0 aliphatic carbocycles. The molecule has 0 aliphatic rings. The summed E-state index contributed by atoms with van der Waals surface area (Å²) in [6.45, 7) is 0. The molecule has 0 saturated heterocycles. The molecule has 0 fully saturated rings. The van der Waals surface area contributed by atoms with Crippen molar-refractivity contribution in [3.63, 3.8) is 0 Å². The van der Waals surface area contributed by atoms with Gasteiger partial charge < -0.3 is 40.9 Å². The van der Waals surface area contributed by atoms with Crippen LogP contribution in [-0.2, 0) is 49.8 Å². The van der Waals surface area contributed by atoms with E-state index in [-0.39, 0.29) is 21.1 Å². The monoisotopic (exact) mass is 482 g/mol. The van der Waals surface area contributed by atoms with Crippen LogP contribution in [0.1, 0.15) is 25.7 Å². The fourth-order valence-electron chi connectivity index (χ4n) is 1.43. The average molecular weight is 480 g/mol. The molecule has 0 atom stereocenters. The standard InChI is InChI=1S/2C6H8O7.Mo/c2*7-3(8)1-6(13,5(11)12)2-4(9)10;/h2*13H,1-2H2,(H,7,8)(H,9,10)(H,11,12);. The van der Waals surface area contributed by atoms with Crippen LogP contribution in [0.3, 0.4) is 0 Å². The Kier molecular flexibility index (Phi) is 12.9. The summed E-state index contributed by atoms with van der Waals surface area (Å²) in [6, 6.07) is 0. The maximum absolute atomic E-state index is 10.3. The Morgan fingerprint density at radius 2 is 0.630 bits per heavy atom. The minimum absolute atomic E-state index is 0. The molecule has 0 bridgehead atoms. The SMILES string of the molecule is O=C(O)CC(O)(CC(=O)O)C(=O)O.O=C(O)CC(O)(CC(=O)O)C(=O)O.[Mo]. The first kappa shape index (κ1) is 29.2. The molecule has 0 aromatic rings. The zero-order chi connectivity index (χ0) is 21.3. The Bertz CT molecular complexity index is 513. The topological polar surface area (TPSA) is 264 Å². The van der Waals surface area contributed by atoms with Gasteiger partial charge in [-0.1, -0.05) is 0 Å². The van der Waals surface area contributed by atoms with Crippen molar-refractivity contribution in [1.29, 1.82) is 0 Å². The van der Waals surface area contributed by atoms with Gasteiger partial charge in [-0.15, -0.1) is 0 Å². The Morgan fingerprint density at radius 1 is 0.481 bits per heavy atom. The van der Waals surface area contributed by atoms with Gasteiger partial charge in [0.25, 0.3) is 0 Å². The van der Waals surface area contributed by atoms with E-state index in [1.165, 1.54) is 0 Å². The van der Waals surface area contributed by atoms with Gasteiger partial charge in [-0.05, 0) is 0 Å². The molecule has 0 unspecified atom stereocenters. The van der Waals surface area contributed by atoms with Crippen molar-refractivity contribution in [2.75, 3.05) is 0 Å². The van der Waals surface area contributed by atoms with Crippen LogP contribution in [0.25, 0.3) is 0 Å². The molecular weight excluding hydrogens is 464 g/mol. The quantitative estimate of drug-likeness (QED) is 0.150. The van der Waals surface area contributed by atoms with Crippen LogP contribution in [0, 0.1) is 0 Å². The summed E-state index contributed by atoms with van der Waals surface area (Å²) in [6.07, 6.45) is -4.58. The smallest absolute Gasteiger partial charge is 0.336 e. The molecule has 0 radical (unpaired) electrons. The van der Waals surface area contributed by atoms with E-state index in [9.17, 15) is 28.8 Å². The molecule has 0 saturated carbocycles. The first-order chi connectivity index (χ1) is 11.6. The zero-order valence-corrected chi connectivity index (χ0v) is 15.3. The van der Waals surface area contributed by atoms with Crippen molar-refractivity contribution < 1.29 is 90.7 Å². The fourth-order valence-corrected chi connectivity index (χ4v) is 1.43. The number of carboxylic acid groups (broad SMARTS) is 6. The van der Waals surface area contributed by atoms with Crippen LogP contribution in [-0.4, -0.2) is 87.9 Å². The summed E-state index contributed by atoms with van der Waals surface area (Å²) in [7, 11) is 0. The molecule has 154 valence electrons. The van der Waals surface area contributed by atoms with Crippen LogP contribution in [0.5, 0.6) is 0 Å². The number of hydrogen-bond acceptors (Lipinski definition) is 8. The van der Waals surface area contributed by atoms with Crippen molar-refractivity contribution in [1.82, 2.24) is 0 Å². The second kappa shape index (κ2) is 11.9. The third kappa shape index (κ3) is 12.4. The summed E-state index contributed by atoms with van der Waals surface area (Å²) in [5.41, 5.74) is -5.48. The second-order valence-corrected chi connectivity index (χ2v) is 4.96. The van der Waals surface area contributed by atoms with E-state index in [1.807, 2.05) is 0 Å². The van der Waals surface area contributed by atoms with Gasteiger partial charge >= 0.3 is 35.8 Å². The fraction of sp³-hybridized carbons (Fsp3) is 0.500. The summed E-state index contributed by atoms with van der Waals surface area (Å²) < 4.78 is 0. The van der Waals surface area contributed by atoms with Crippen LogP contribution >= 0.6 is 0 Å². The summed E-state index contributed by atoms with van der Waals surface area (Å²) in [5.74, 6) is -10.0. The van der Waals surface area contributed by atoms with Gasteiger partial charge in [0.2, 0.25) is 0 Å². The van der Waals surface area contributed by atoms with Gasteiger partial charge in [0.1, 0.15) is 0 Å². The molecule has 15 heteroatoms. The molecule has 0 aliphatic heterocycles. The average Bonchev–Trinajstić information content (AvgIpc) is 2.34. The molecule has 0 rings (SSSR count). The predicted octanol–water partition coefficient (Wildman–Crippen LogP) is -2.50. The van der Waals surface area contributed by atoms with Gasteiger partial charge in [-0.3, -0.25) is 19.2 Å². The number of hydrogen-bond donors (Lipinski definition) is 8. The second-order valence-electron chi connectivity index (χ2n) is 4.96. The minimum atomic E-state index is -2.74. The molecule has 27 heavy (non-hydrogen) atoms. The zero-order valence-electron chi connectivity index (χ0n) is 13.3. The molecule has 0 amide bonds. The van der Waals surface area contributed by atoms with E-state index in [4.69, 9.17) is 40.9 Å².